The number of carbonyl (C=O) groups is 2. The first-order chi connectivity index (χ1) is 16.9. The van der Waals surface area contributed by atoms with Crippen LogP contribution >= 0.6 is 23.2 Å². The van der Waals surface area contributed by atoms with Crippen molar-refractivity contribution in [3.63, 3.8) is 0 Å². The lowest BCUT2D eigenvalue weighted by molar-refractivity contribution is -0.179. The summed E-state index contributed by atoms with van der Waals surface area (Å²) in [7, 11) is 0. The number of nitrogens with zero attached hydrogens (tertiary/aromatic N) is 4. The number of imidazole rings is 1. The number of fused-ring (bicyclic) bond motifs is 1. The van der Waals surface area contributed by atoms with Crippen molar-refractivity contribution in [2.45, 2.75) is 24.6 Å². The van der Waals surface area contributed by atoms with Gasteiger partial charge in [-0.15, -0.1) is 0 Å². The molecule has 3 aromatic rings. The maximum atomic E-state index is 13.6. The van der Waals surface area contributed by atoms with Gasteiger partial charge in [0.05, 0.1) is 33.1 Å². The number of anilines is 1. The number of esters is 1. The summed E-state index contributed by atoms with van der Waals surface area (Å²) in [6.07, 6.45) is -4.78. The first kappa shape index (κ1) is 25.1. The number of carbonyl (C=O) groups excluding carboxylic acids is 2. The van der Waals surface area contributed by atoms with Gasteiger partial charge < -0.3 is 19.8 Å². The molecule has 1 heterocycles. The highest BCUT2D eigenvalue weighted by Gasteiger charge is 2.65. The summed E-state index contributed by atoms with van der Waals surface area (Å²) in [4.78, 5) is 26.3. The van der Waals surface area contributed by atoms with E-state index in [1.165, 1.54) is 36.4 Å². The van der Waals surface area contributed by atoms with Gasteiger partial charge in [0.25, 0.3) is 0 Å². The molecule has 186 valence electrons. The van der Waals surface area contributed by atoms with Crippen molar-refractivity contribution in [1.82, 2.24) is 9.55 Å². The van der Waals surface area contributed by atoms with Crippen LogP contribution in [0, 0.1) is 11.3 Å². The summed E-state index contributed by atoms with van der Waals surface area (Å²) in [5.41, 5.74) is 5.00. The van der Waals surface area contributed by atoms with Crippen molar-refractivity contribution in [3.05, 3.63) is 46.7 Å². The summed E-state index contributed by atoms with van der Waals surface area (Å²) in [6.45, 7) is 0. The SMILES string of the molecule is N#C/C(=N/Nc1cc(Cl)c(Oc2ccc3ncn(C4(C(F)(F)F)CC4)c3c2)c(Cl)c1)C(=O)OC(N)=O. The molecule has 1 saturated carbocycles. The minimum absolute atomic E-state index is 0.0103. The van der Waals surface area contributed by atoms with Crippen LogP contribution in [0.5, 0.6) is 11.5 Å². The number of primary amides is 1. The third-order valence-electron chi connectivity index (χ3n) is 5.24. The molecule has 15 heteroatoms. The first-order valence-electron chi connectivity index (χ1n) is 9.92. The van der Waals surface area contributed by atoms with Crippen LogP contribution in [-0.4, -0.2) is 33.5 Å². The molecule has 4 rings (SSSR count). The largest absolute Gasteiger partial charge is 0.454 e. The Morgan fingerprint density at radius 2 is 1.89 bits per heavy atom. The van der Waals surface area contributed by atoms with E-state index in [1.54, 1.807) is 0 Å². The minimum Gasteiger partial charge on any atom is -0.454 e. The number of benzene rings is 2. The van der Waals surface area contributed by atoms with Gasteiger partial charge in [-0.1, -0.05) is 23.2 Å². The van der Waals surface area contributed by atoms with Crippen LogP contribution in [0.4, 0.5) is 23.7 Å². The summed E-state index contributed by atoms with van der Waals surface area (Å²) in [5.74, 6) is -1.22. The van der Waals surface area contributed by atoms with Gasteiger partial charge in [-0.2, -0.15) is 23.5 Å². The van der Waals surface area contributed by atoms with E-state index < -0.39 is 29.5 Å². The number of halogens is 5. The van der Waals surface area contributed by atoms with Gasteiger partial charge in [0.15, 0.2) is 5.75 Å². The second-order valence-corrected chi connectivity index (χ2v) is 8.37. The van der Waals surface area contributed by atoms with Gasteiger partial charge in [0, 0.05) is 6.07 Å². The topological polar surface area (TPSA) is 145 Å². The molecule has 2 aromatic carbocycles. The fourth-order valence-electron chi connectivity index (χ4n) is 3.39. The van der Waals surface area contributed by atoms with Crippen LogP contribution in [0.2, 0.25) is 10.0 Å². The van der Waals surface area contributed by atoms with Gasteiger partial charge in [0.2, 0.25) is 5.71 Å². The standard InChI is InChI=1S/C21H13Cl2F3N6O4/c22-12-5-10(30-31-15(8-27)18(33)36-19(28)34)6-13(23)17(12)35-11-1-2-14-16(7-11)32(9-29-14)20(3-4-20)21(24,25)26/h1-2,5-7,9,30H,3-4H2,(H2,28,34)/b31-15-. The molecule has 3 N–H and O–H groups in total. The predicted molar refractivity (Wildman–Crippen MR) is 122 cm³/mol. The van der Waals surface area contributed by atoms with E-state index in [4.69, 9.17) is 38.9 Å². The molecule has 1 fully saturated rings. The number of amides is 1. The molecule has 10 nitrogen and oxygen atoms in total. The van der Waals surface area contributed by atoms with Crippen LogP contribution in [-0.2, 0) is 15.1 Å². The monoisotopic (exact) mass is 540 g/mol. The molecule has 0 saturated heterocycles. The Labute approximate surface area is 210 Å². The Bertz CT molecular complexity index is 1440. The highest BCUT2D eigenvalue weighted by Crippen LogP contribution is 2.56. The summed E-state index contributed by atoms with van der Waals surface area (Å²) < 4.78 is 51.8. The van der Waals surface area contributed by atoms with Crippen LogP contribution in [0.1, 0.15) is 12.8 Å². The molecular weight excluding hydrogens is 528 g/mol. The second kappa shape index (κ2) is 9.21. The van der Waals surface area contributed by atoms with Crippen molar-refractivity contribution in [1.29, 1.82) is 5.26 Å². The van der Waals surface area contributed by atoms with Gasteiger partial charge in [-0.25, -0.2) is 14.6 Å². The fraction of sp³-hybridized carbons (Fsp3) is 0.190. The summed E-state index contributed by atoms with van der Waals surface area (Å²) in [5, 5.41) is 12.4. The van der Waals surface area contributed by atoms with Gasteiger partial charge in [-0.3, -0.25) is 5.43 Å². The molecule has 0 unspecified atom stereocenters. The van der Waals surface area contributed by atoms with Crippen molar-refractivity contribution in [2.24, 2.45) is 10.8 Å². The van der Waals surface area contributed by atoms with Crippen molar-refractivity contribution in [2.75, 3.05) is 5.43 Å². The molecule has 1 aromatic heterocycles. The normalized spacial score (nSPS) is 14.7. The Morgan fingerprint density at radius 3 is 2.44 bits per heavy atom. The Kier molecular flexibility index (Phi) is 6.42. The number of ether oxygens (including phenoxy) is 2. The van der Waals surface area contributed by atoms with Crippen LogP contribution in [0.15, 0.2) is 41.8 Å². The van der Waals surface area contributed by atoms with Crippen molar-refractivity contribution >= 4 is 57.7 Å². The van der Waals surface area contributed by atoms with E-state index in [1.807, 2.05) is 0 Å². The number of nitrogens with two attached hydrogens (primary N) is 1. The lowest BCUT2D eigenvalue weighted by Crippen LogP contribution is -2.34. The van der Waals surface area contributed by atoms with E-state index >= 15 is 0 Å². The predicted octanol–water partition coefficient (Wildman–Crippen LogP) is 5.10. The van der Waals surface area contributed by atoms with Crippen LogP contribution < -0.4 is 15.9 Å². The Hall–Kier alpha value is -4.02. The third-order valence-corrected chi connectivity index (χ3v) is 5.80. The maximum Gasteiger partial charge on any atom is 0.412 e. The highest BCUT2D eigenvalue weighted by molar-refractivity contribution is 6.44. The number of nitrogens with one attached hydrogen (secondary N) is 1. The van der Waals surface area contributed by atoms with E-state index in [-0.39, 0.29) is 45.6 Å². The number of nitriles is 1. The van der Waals surface area contributed by atoms with E-state index in [9.17, 15) is 22.8 Å². The fourth-order valence-corrected chi connectivity index (χ4v) is 3.95. The van der Waals surface area contributed by atoms with Crippen molar-refractivity contribution in [3.8, 4) is 17.6 Å². The average molecular weight is 541 g/mol. The van der Waals surface area contributed by atoms with Crippen LogP contribution in [0.3, 0.4) is 0 Å². The molecule has 0 spiro atoms. The molecule has 0 aliphatic heterocycles. The zero-order valence-corrected chi connectivity index (χ0v) is 19.3. The Morgan fingerprint density at radius 1 is 1.22 bits per heavy atom. The molecule has 1 amide bonds. The third kappa shape index (κ3) is 4.73. The summed E-state index contributed by atoms with van der Waals surface area (Å²) in [6, 6.07) is 8.44. The van der Waals surface area contributed by atoms with E-state index in [0.29, 0.717) is 5.52 Å². The van der Waals surface area contributed by atoms with Gasteiger partial charge >= 0.3 is 18.2 Å². The molecule has 1 aliphatic rings. The number of aromatic nitrogens is 2. The lowest BCUT2D eigenvalue weighted by atomic mass is 10.2. The zero-order chi connectivity index (χ0) is 26.3. The number of hydrogen-bond acceptors (Lipinski definition) is 8. The lowest BCUT2D eigenvalue weighted by Gasteiger charge is -2.21. The molecule has 0 atom stereocenters. The average Bonchev–Trinajstić information content (AvgIpc) is 3.50. The minimum atomic E-state index is -4.43. The first-order valence-corrected chi connectivity index (χ1v) is 10.7. The van der Waals surface area contributed by atoms with Gasteiger partial charge in [0.1, 0.15) is 17.4 Å². The van der Waals surface area contributed by atoms with E-state index in [2.05, 4.69) is 20.2 Å². The smallest absolute Gasteiger partial charge is 0.412 e. The number of alkyl halides is 3. The Balaban J connectivity index is 1.58. The molecule has 1 aliphatic carbocycles. The van der Waals surface area contributed by atoms with Crippen LogP contribution in [0.25, 0.3) is 11.0 Å². The quantitative estimate of drug-likeness (QED) is 0.191. The summed E-state index contributed by atoms with van der Waals surface area (Å²) >= 11 is 12.5. The number of hydrogen-bond donors (Lipinski definition) is 2. The second-order valence-electron chi connectivity index (χ2n) is 7.56. The molecule has 36 heavy (non-hydrogen) atoms. The molecular formula is C21H13Cl2F3N6O4. The number of hydrazone groups is 1. The highest BCUT2D eigenvalue weighted by atomic mass is 35.5. The molecule has 0 radical (unpaired) electrons. The zero-order valence-electron chi connectivity index (χ0n) is 17.8. The number of rotatable bonds is 6. The van der Waals surface area contributed by atoms with Gasteiger partial charge in [-0.05, 0) is 37.1 Å². The maximum absolute atomic E-state index is 13.6. The molecule has 0 bridgehead atoms. The van der Waals surface area contributed by atoms with Crippen molar-refractivity contribution < 1.29 is 32.2 Å². The van der Waals surface area contributed by atoms with E-state index in [0.717, 1.165) is 10.9 Å².